The lowest BCUT2D eigenvalue weighted by molar-refractivity contribution is 0.124. The second-order valence-electron chi connectivity index (χ2n) is 3.39. The van der Waals surface area contributed by atoms with Gasteiger partial charge < -0.3 is 10.1 Å². The van der Waals surface area contributed by atoms with E-state index in [1.807, 2.05) is 7.05 Å². The fourth-order valence-corrected chi connectivity index (χ4v) is 1.27. The van der Waals surface area contributed by atoms with Crippen LogP contribution in [0.4, 0.5) is 0 Å². The lowest BCUT2D eigenvalue weighted by Crippen LogP contribution is -2.39. The predicted octanol–water partition coefficient (Wildman–Crippen LogP) is 0.953. The number of nitrogens with one attached hydrogen (secondary N) is 1. The topological polar surface area (TPSA) is 24.5 Å². The van der Waals surface area contributed by atoms with Crippen LogP contribution in [-0.4, -0.2) is 51.3 Å². The Kier molecular flexibility index (Phi) is 8.40. The van der Waals surface area contributed by atoms with E-state index in [0.717, 1.165) is 26.2 Å². The Hall–Kier alpha value is -0.120. The van der Waals surface area contributed by atoms with Gasteiger partial charge in [0.25, 0.3) is 0 Å². The van der Waals surface area contributed by atoms with Gasteiger partial charge in [-0.15, -0.1) is 0 Å². The molecule has 0 radical (unpaired) electrons. The minimum absolute atomic E-state index is 0.656. The van der Waals surface area contributed by atoms with E-state index in [1.165, 1.54) is 6.42 Å². The Balaban J connectivity index is 3.72. The summed E-state index contributed by atoms with van der Waals surface area (Å²) in [6, 6.07) is 0.656. The van der Waals surface area contributed by atoms with Crippen molar-refractivity contribution in [2.75, 3.05) is 40.4 Å². The maximum Gasteiger partial charge on any atom is 0.0589 e. The van der Waals surface area contributed by atoms with Crippen LogP contribution >= 0.6 is 0 Å². The highest BCUT2D eigenvalue weighted by molar-refractivity contribution is 4.66. The van der Waals surface area contributed by atoms with E-state index in [-0.39, 0.29) is 0 Å². The predicted molar refractivity (Wildman–Crippen MR) is 57.1 cm³/mol. The van der Waals surface area contributed by atoms with Crippen LogP contribution in [0.15, 0.2) is 0 Å². The standard InChI is InChI=1S/C10H24N2O/c1-5-10(2)12(7-6-11-3)8-9-13-4/h10-11H,5-9H2,1-4H3. The third kappa shape index (κ3) is 6.02. The highest BCUT2D eigenvalue weighted by atomic mass is 16.5. The summed E-state index contributed by atoms with van der Waals surface area (Å²) >= 11 is 0. The lowest BCUT2D eigenvalue weighted by Gasteiger charge is -2.27. The number of hydrogen-bond donors (Lipinski definition) is 1. The molecule has 0 amide bonds. The van der Waals surface area contributed by atoms with Crippen LogP contribution in [0.3, 0.4) is 0 Å². The molecule has 0 saturated carbocycles. The molecule has 1 N–H and O–H groups in total. The smallest absolute Gasteiger partial charge is 0.0589 e. The Morgan fingerprint density at radius 1 is 1.38 bits per heavy atom. The minimum Gasteiger partial charge on any atom is -0.383 e. The summed E-state index contributed by atoms with van der Waals surface area (Å²) in [5, 5.41) is 3.17. The van der Waals surface area contributed by atoms with Crippen molar-refractivity contribution in [2.24, 2.45) is 0 Å². The molecule has 0 aromatic rings. The Labute approximate surface area is 82.4 Å². The summed E-state index contributed by atoms with van der Waals surface area (Å²) in [4.78, 5) is 2.46. The average Bonchev–Trinajstić information content (AvgIpc) is 2.17. The molecule has 1 atom stereocenters. The highest BCUT2D eigenvalue weighted by Crippen LogP contribution is 2.01. The first kappa shape index (κ1) is 12.9. The average molecular weight is 188 g/mol. The summed E-state index contributed by atoms with van der Waals surface area (Å²) in [7, 11) is 3.75. The third-order valence-corrected chi connectivity index (χ3v) is 2.45. The minimum atomic E-state index is 0.656. The van der Waals surface area contributed by atoms with Crippen molar-refractivity contribution >= 4 is 0 Å². The van der Waals surface area contributed by atoms with Crippen molar-refractivity contribution in [2.45, 2.75) is 26.3 Å². The van der Waals surface area contributed by atoms with Gasteiger partial charge in [0.2, 0.25) is 0 Å². The number of ether oxygens (including phenoxy) is 1. The Bertz CT molecular complexity index is 101. The molecule has 0 aromatic carbocycles. The summed E-state index contributed by atoms with van der Waals surface area (Å²) < 4.78 is 5.08. The summed E-state index contributed by atoms with van der Waals surface area (Å²) in [6.07, 6.45) is 1.20. The number of likely N-dealkylation sites (N-methyl/N-ethyl adjacent to an activating group) is 1. The number of nitrogens with zero attached hydrogens (tertiary/aromatic N) is 1. The van der Waals surface area contributed by atoms with Gasteiger partial charge in [0.1, 0.15) is 0 Å². The zero-order valence-corrected chi connectivity index (χ0v) is 9.47. The van der Waals surface area contributed by atoms with Gasteiger partial charge in [-0.05, 0) is 20.4 Å². The third-order valence-electron chi connectivity index (χ3n) is 2.45. The van der Waals surface area contributed by atoms with Crippen LogP contribution in [0.25, 0.3) is 0 Å². The van der Waals surface area contributed by atoms with E-state index in [9.17, 15) is 0 Å². The number of methoxy groups -OCH3 is 1. The largest absolute Gasteiger partial charge is 0.383 e. The molecule has 0 spiro atoms. The van der Waals surface area contributed by atoms with E-state index >= 15 is 0 Å². The highest BCUT2D eigenvalue weighted by Gasteiger charge is 2.10. The molecule has 0 bridgehead atoms. The summed E-state index contributed by atoms with van der Waals surface area (Å²) in [5.74, 6) is 0. The molecule has 0 heterocycles. The van der Waals surface area contributed by atoms with Gasteiger partial charge in [-0.1, -0.05) is 6.92 Å². The fraction of sp³-hybridized carbons (Fsp3) is 1.00. The van der Waals surface area contributed by atoms with Gasteiger partial charge >= 0.3 is 0 Å². The van der Waals surface area contributed by atoms with E-state index in [4.69, 9.17) is 4.74 Å². The van der Waals surface area contributed by atoms with Gasteiger partial charge in [-0.25, -0.2) is 0 Å². The van der Waals surface area contributed by atoms with E-state index < -0.39 is 0 Å². The van der Waals surface area contributed by atoms with Crippen LogP contribution in [0.5, 0.6) is 0 Å². The van der Waals surface area contributed by atoms with Crippen LogP contribution in [0.1, 0.15) is 20.3 Å². The monoisotopic (exact) mass is 188 g/mol. The molecular weight excluding hydrogens is 164 g/mol. The van der Waals surface area contributed by atoms with Gasteiger partial charge in [0, 0.05) is 32.8 Å². The molecule has 3 nitrogen and oxygen atoms in total. The molecular formula is C10H24N2O. The maximum absolute atomic E-state index is 5.08. The van der Waals surface area contributed by atoms with Crippen molar-refractivity contribution in [1.82, 2.24) is 10.2 Å². The Morgan fingerprint density at radius 3 is 2.54 bits per heavy atom. The van der Waals surface area contributed by atoms with Gasteiger partial charge in [0.15, 0.2) is 0 Å². The zero-order chi connectivity index (χ0) is 10.1. The van der Waals surface area contributed by atoms with Crippen LogP contribution in [-0.2, 0) is 4.74 Å². The first-order chi connectivity index (χ1) is 6.26. The summed E-state index contributed by atoms with van der Waals surface area (Å²) in [6.45, 7) is 8.51. The van der Waals surface area contributed by atoms with Crippen molar-refractivity contribution in [3.8, 4) is 0 Å². The number of rotatable bonds is 8. The van der Waals surface area contributed by atoms with Crippen LogP contribution in [0, 0.1) is 0 Å². The Morgan fingerprint density at radius 2 is 2.08 bits per heavy atom. The molecule has 0 saturated heterocycles. The molecule has 0 fully saturated rings. The van der Waals surface area contributed by atoms with E-state index in [2.05, 4.69) is 24.1 Å². The molecule has 0 rings (SSSR count). The molecule has 0 aromatic heterocycles. The van der Waals surface area contributed by atoms with Gasteiger partial charge in [-0.3, -0.25) is 4.90 Å². The first-order valence-corrected chi connectivity index (χ1v) is 5.13. The molecule has 0 aliphatic carbocycles. The van der Waals surface area contributed by atoms with Crippen molar-refractivity contribution in [1.29, 1.82) is 0 Å². The van der Waals surface area contributed by atoms with Crippen LogP contribution < -0.4 is 5.32 Å². The van der Waals surface area contributed by atoms with Gasteiger partial charge in [0.05, 0.1) is 6.61 Å². The summed E-state index contributed by atoms with van der Waals surface area (Å²) in [5.41, 5.74) is 0. The molecule has 1 unspecified atom stereocenters. The maximum atomic E-state index is 5.08. The van der Waals surface area contributed by atoms with E-state index in [0.29, 0.717) is 6.04 Å². The van der Waals surface area contributed by atoms with Crippen LogP contribution in [0.2, 0.25) is 0 Å². The first-order valence-electron chi connectivity index (χ1n) is 5.13. The zero-order valence-electron chi connectivity index (χ0n) is 9.47. The molecule has 0 aliphatic heterocycles. The second kappa shape index (κ2) is 8.48. The molecule has 3 heteroatoms. The van der Waals surface area contributed by atoms with Crippen molar-refractivity contribution < 1.29 is 4.74 Å². The quantitative estimate of drug-likeness (QED) is 0.614. The molecule has 0 aliphatic rings. The normalized spacial score (nSPS) is 13.6. The second-order valence-corrected chi connectivity index (χ2v) is 3.39. The fourth-order valence-electron chi connectivity index (χ4n) is 1.27. The van der Waals surface area contributed by atoms with Gasteiger partial charge in [-0.2, -0.15) is 0 Å². The van der Waals surface area contributed by atoms with E-state index in [1.54, 1.807) is 7.11 Å². The lowest BCUT2D eigenvalue weighted by atomic mass is 10.2. The van der Waals surface area contributed by atoms with Crippen molar-refractivity contribution in [3.63, 3.8) is 0 Å². The molecule has 80 valence electrons. The van der Waals surface area contributed by atoms with Crippen molar-refractivity contribution in [3.05, 3.63) is 0 Å². The number of hydrogen-bond acceptors (Lipinski definition) is 3. The molecule has 13 heavy (non-hydrogen) atoms. The SMILES string of the molecule is CCC(C)N(CCNC)CCOC.